The summed E-state index contributed by atoms with van der Waals surface area (Å²) in [6, 6.07) is 0. The minimum absolute atomic E-state index is 1.01. The maximum absolute atomic E-state index is 9.69. The molecule has 0 aromatic heterocycles. The predicted octanol–water partition coefficient (Wildman–Crippen LogP) is -1.58. The molecule has 0 atom stereocenters. The van der Waals surface area contributed by atoms with Crippen LogP contribution in [-0.2, 0) is 14.3 Å². The Kier molecular flexibility index (Phi) is 6.85. The average molecular weight is 190 g/mol. The van der Waals surface area contributed by atoms with E-state index < -0.39 is 11.9 Å². The summed E-state index contributed by atoms with van der Waals surface area (Å²) >= 11 is 0. The lowest BCUT2D eigenvalue weighted by atomic mass is 10.4. The third kappa shape index (κ3) is 7.23. The van der Waals surface area contributed by atoms with Gasteiger partial charge in [0.2, 0.25) is 0 Å². The van der Waals surface area contributed by atoms with Crippen LogP contribution in [0, 0.1) is 0 Å². The van der Waals surface area contributed by atoms with Gasteiger partial charge in [-0.3, -0.25) is 0 Å². The number of carboxylic acid groups (broad SMARTS) is 1. The highest BCUT2D eigenvalue weighted by molar-refractivity contribution is 6.28. The van der Waals surface area contributed by atoms with Gasteiger partial charge in [-0.25, -0.2) is 9.59 Å². The van der Waals surface area contributed by atoms with Gasteiger partial charge in [-0.2, -0.15) is 0 Å². The molecular weight excluding hydrogens is 176 g/mol. The molecule has 1 aliphatic heterocycles. The van der Waals surface area contributed by atoms with Gasteiger partial charge in [0.15, 0.2) is 0 Å². The third-order valence-electron chi connectivity index (χ3n) is 1.32. The number of ether oxygens (including phenoxy) is 1. The summed E-state index contributed by atoms with van der Waals surface area (Å²) in [5.74, 6) is -2.80. The van der Waals surface area contributed by atoms with Crippen molar-refractivity contribution in [3.63, 3.8) is 0 Å². The number of piperazine rings is 1. The molecule has 1 saturated heterocycles. The minimum Gasteiger partial charge on any atom is -0.473 e. The fourth-order valence-corrected chi connectivity index (χ4v) is 0.691. The Balaban J connectivity index is 0.000000223. The molecule has 0 aromatic rings. The molecule has 1 aliphatic rings. The van der Waals surface area contributed by atoms with E-state index in [0.29, 0.717) is 0 Å². The Morgan fingerprint density at radius 2 is 1.54 bits per heavy atom. The smallest absolute Gasteiger partial charge is 0.417 e. The van der Waals surface area contributed by atoms with Crippen LogP contribution in [0.2, 0.25) is 0 Å². The Bertz CT molecular complexity index is 156. The second-order valence-corrected chi connectivity index (χ2v) is 2.30. The van der Waals surface area contributed by atoms with E-state index in [-0.39, 0.29) is 0 Å². The summed E-state index contributed by atoms with van der Waals surface area (Å²) in [5.41, 5.74) is 0. The maximum Gasteiger partial charge on any atom is 0.417 e. The van der Waals surface area contributed by atoms with Crippen molar-refractivity contribution in [3.05, 3.63) is 0 Å². The summed E-state index contributed by atoms with van der Waals surface area (Å²) in [6.07, 6.45) is 0. The van der Waals surface area contributed by atoms with Gasteiger partial charge in [-0.05, 0) is 0 Å². The second-order valence-electron chi connectivity index (χ2n) is 2.30. The first kappa shape index (κ1) is 11.9. The summed E-state index contributed by atoms with van der Waals surface area (Å²) in [6.45, 7) is 4.56. The molecule has 6 heteroatoms. The molecule has 3 N–H and O–H groups in total. The number of hydrogen-bond acceptors (Lipinski definition) is 5. The maximum atomic E-state index is 9.69. The van der Waals surface area contributed by atoms with E-state index in [2.05, 4.69) is 15.4 Å². The van der Waals surface area contributed by atoms with Crippen molar-refractivity contribution in [3.8, 4) is 0 Å². The molecule has 0 unspecified atom stereocenters. The third-order valence-corrected chi connectivity index (χ3v) is 1.32. The van der Waals surface area contributed by atoms with Gasteiger partial charge in [-0.1, -0.05) is 0 Å². The normalized spacial score (nSPS) is 15.2. The number of esters is 1. The lowest BCUT2D eigenvalue weighted by molar-refractivity contribution is -0.161. The molecule has 0 saturated carbocycles. The lowest BCUT2D eigenvalue weighted by Gasteiger charge is -2.11. The first-order valence-electron chi connectivity index (χ1n) is 3.91. The van der Waals surface area contributed by atoms with Crippen molar-refractivity contribution in [2.24, 2.45) is 0 Å². The van der Waals surface area contributed by atoms with Crippen molar-refractivity contribution < 1.29 is 19.4 Å². The number of rotatable bonds is 0. The highest BCUT2D eigenvalue weighted by Gasteiger charge is 2.08. The van der Waals surface area contributed by atoms with E-state index in [0.717, 1.165) is 33.3 Å². The Labute approximate surface area is 76.3 Å². The van der Waals surface area contributed by atoms with Crippen molar-refractivity contribution in [1.29, 1.82) is 0 Å². The van der Waals surface area contributed by atoms with Crippen molar-refractivity contribution in [2.75, 3.05) is 33.3 Å². The minimum atomic E-state index is -1.57. The van der Waals surface area contributed by atoms with Crippen molar-refractivity contribution in [2.45, 2.75) is 0 Å². The molecule has 0 aromatic carbocycles. The number of carbonyl (C=O) groups is 2. The number of nitrogens with one attached hydrogen (secondary N) is 2. The van der Waals surface area contributed by atoms with Crippen LogP contribution in [0.25, 0.3) is 0 Å². The first-order chi connectivity index (χ1) is 6.18. The van der Waals surface area contributed by atoms with E-state index in [1.54, 1.807) is 0 Å². The molecule has 0 bridgehead atoms. The topological polar surface area (TPSA) is 87.7 Å². The number of hydrogen-bond donors (Lipinski definition) is 3. The van der Waals surface area contributed by atoms with Gasteiger partial charge in [0, 0.05) is 26.2 Å². The molecule has 76 valence electrons. The number of carbonyl (C=O) groups excluding carboxylic acids is 1. The highest BCUT2D eigenvalue weighted by Crippen LogP contribution is 1.68. The second kappa shape index (κ2) is 7.51. The van der Waals surface area contributed by atoms with E-state index in [9.17, 15) is 9.59 Å². The number of carboxylic acids is 1. The van der Waals surface area contributed by atoms with Gasteiger partial charge in [0.05, 0.1) is 7.11 Å². The van der Waals surface area contributed by atoms with Crippen molar-refractivity contribution in [1.82, 2.24) is 10.6 Å². The predicted molar refractivity (Wildman–Crippen MR) is 45.4 cm³/mol. The van der Waals surface area contributed by atoms with Gasteiger partial charge in [-0.15, -0.1) is 0 Å². The Morgan fingerprint density at radius 1 is 1.15 bits per heavy atom. The van der Waals surface area contributed by atoms with Crippen LogP contribution >= 0.6 is 0 Å². The summed E-state index contributed by atoms with van der Waals surface area (Å²) in [7, 11) is 1.01. The molecule has 1 heterocycles. The Hall–Kier alpha value is -1.14. The standard InChI is InChI=1S/C4H10N2.C3H4O4/c1-2-6-4-3-5-1;1-7-3(6)2(4)5/h5-6H,1-4H2;1H3,(H,4,5). The van der Waals surface area contributed by atoms with Crippen LogP contribution < -0.4 is 10.6 Å². The number of methoxy groups -OCH3 is 1. The van der Waals surface area contributed by atoms with Crippen LogP contribution in [-0.4, -0.2) is 50.3 Å². The zero-order valence-electron chi connectivity index (χ0n) is 7.50. The molecular formula is C7H14N2O4. The fourth-order valence-electron chi connectivity index (χ4n) is 0.691. The van der Waals surface area contributed by atoms with E-state index in [4.69, 9.17) is 5.11 Å². The molecule has 0 spiro atoms. The molecule has 0 radical (unpaired) electrons. The van der Waals surface area contributed by atoms with Crippen LogP contribution in [0.1, 0.15) is 0 Å². The van der Waals surface area contributed by atoms with E-state index in [1.807, 2.05) is 0 Å². The van der Waals surface area contributed by atoms with Crippen LogP contribution in [0.5, 0.6) is 0 Å². The van der Waals surface area contributed by atoms with E-state index >= 15 is 0 Å². The fraction of sp³-hybridized carbons (Fsp3) is 0.714. The van der Waals surface area contributed by atoms with Crippen LogP contribution in [0.4, 0.5) is 0 Å². The molecule has 1 rings (SSSR count). The van der Waals surface area contributed by atoms with Gasteiger partial charge in [0.1, 0.15) is 0 Å². The number of aliphatic carboxylic acids is 1. The van der Waals surface area contributed by atoms with Gasteiger partial charge >= 0.3 is 11.9 Å². The summed E-state index contributed by atoms with van der Waals surface area (Å²) in [4.78, 5) is 19.1. The SMILES string of the molecule is C1CNCCN1.COC(=O)C(=O)O. The molecule has 0 aliphatic carbocycles. The van der Waals surface area contributed by atoms with Crippen LogP contribution in [0.15, 0.2) is 0 Å². The zero-order chi connectivity index (χ0) is 10.1. The Morgan fingerprint density at radius 3 is 1.62 bits per heavy atom. The van der Waals surface area contributed by atoms with Crippen LogP contribution in [0.3, 0.4) is 0 Å². The largest absolute Gasteiger partial charge is 0.473 e. The molecule has 1 fully saturated rings. The molecule has 0 amide bonds. The zero-order valence-corrected chi connectivity index (χ0v) is 7.50. The summed E-state index contributed by atoms with van der Waals surface area (Å²) < 4.78 is 3.77. The average Bonchev–Trinajstić information content (AvgIpc) is 2.20. The molecule has 6 nitrogen and oxygen atoms in total. The van der Waals surface area contributed by atoms with Gasteiger partial charge in [0.25, 0.3) is 0 Å². The van der Waals surface area contributed by atoms with Gasteiger partial charge < -0.3 is 20.5 Å². The summed E-state index contributed by atoms with van der Waals surface area (Å²) in [5, 5.41) is 14.2. The molecule has 13 heavy (non-hydrogen) atoms. The lowest BCUT2D eigenvalue weighted by Crippen LogP contribution is -2.39. The quantitative estimate of drug-likeness (QED) is 0.316. The highest BCUT2D eigenvalue weighted by atomic mass is 16.5. The monoisotopic (exact) mass is 190 g/mol. The van der Waals surface area contributed by atoms with E-state index in [1.165, 1.54) is 0 Å². The first-order valence-corrected chi connectivity index (χ1v) is 3.91. The van der Waals surface area contributed by atoms with Crippen molar-refractivity contribution >= 4 is 11.9 Å².